The lowest BCUT2D eigenvalue weighted by Crippen LogP contribution is -2.38. The molecule has 0 saturated carbocycles. The van der Waals surface area contributed by atoms with E-state index < -0.39 is 5.79 Å². The van der Waals surface area contributed by atoms with Gasteiger partial charge in [-0.3, -0.25) is 0 Å². The van der Waals surface area contributed by atoms with Gasteiger partial charge < -0.3 is 28.4 Å². The third-order valence-electron chi connectivity index (χ3n) is 4.77. The van der Waals surface area contributed by atoms with Crippen LogP contribution in [0.25, 0.3) is 0 Å². The summed E-state index contributed by atoms with van der Waals surface area (Å²) in [5, 5.41) is 0. The maximum Gasteiger partial charge on any atom is 0.163 e. The van der Waals surface area contributed by atoms with Gasteiger partial charge in [-0.25, -0.2) is 0 Å². The molecule has 2 fully saturated rings. The Hall–Kier alpha value is -1.60. The number of methoxy groups -OCH3 is 2. The summed E-state index contributed by atoms with van der Waals surface area (Å²) in [6.07, 6.45) is 2.06. The van der Waals surface area contributed by atoms with E-state index in [2.05, 4.69) is 6.58 Å². The topological polar surface area (TPSA) is 55.4 Å². The zero-order valence-corrected chi connectivity index (χ0v) is 15.9. The third kappa shape index (κ3) is 4.20. The maximum atomic E-state index is 6.20. The van der Waals surface area contributed by atoms with Crippen molar-refractivity contribution in [2.45, 2.75) is 57.1 Å². The van der Waals surface area contributed by atoms with Crippen LogP contribution in [0.5, 0.6) is 11.5 Å². The Bertz CT molecular complexity index is 629. The molecule has 26 heavy (non-hydrogen) atoms. The molecule has 2 heterocycles. The molecule has 0 bridgehead atoms. The Balaban J connectivity index is 1.68. The fraction of sp³-hybridized carbons (Fsp3) is 0.600. The highest BCUT2D eigenvalue weighted by Gasteiger charge is 2.46. The van der Waals surface area contributed by atoms with Crippen molar-refractivity contribution in [3.05, 3.63) is 36.4 Å². The smallest absolute Gasteiger partial charge is 0.163 e. The van der Waals surface area contributed by atoms with Crippen molar-refractivity contribution in [1.29, 1.82) is 0 Å². The number of rotatable bonds is 7. The molecule has 4 atom stereocenters. The Morgan fingerprint density at radius 3 is 2.69 bits per heavy atom. The molecule has 0 amide bonds. The Morgan fingerprint density at radius 1 is 1.27 bits per heavy atom. The molecule has 6 nitrogen and oxygen atoms in total. The zero-order valence-electron chi connectivity index (χ0n) is 15.9. The standard InChI is InChI=1S/C20H28O6/c1-6-14-9-17(19(25-14)18-12-24-20(2,3)26-18)23-11-13-7-8-15(21-4)10-16(13)22-5/h6-8,10,14,17-19H,1,9,11-12H2,2-5H3/t14-,17-,18-,19+/m1/s1. The van der Waals surface area contributed by atoms with Crippen LogP contribution in [0.2, 0.25) is 0 Å². The first-order valence-corrected chi connectivity index (χ1v) is 8.88. The molecule has 0 aliphatic carbocycles. The van der Waals surface area contributed by atoms with Crippen molar-refractivity contribution in [2.75, 3.05) is 20.8 Å². The Morgan fingerprint density at radius 2 is 2.08 bits per heavy atom. The number of benzene rings is 1. The van der Waals surface area contributed by atoms with E-state index >= 15 is 0 Å². The summed E-state index contributed by atoms with van der Waals surface area (Å²) < 4.78 is 34.6. The van der Waals surface area contributed by atoms with Gasteiger partial charge in [-0.2, -0.15) is 0 Å². The van der Waals surface area contributed by atoms with Crippen LogP contribution in [0.1, 0.15) is 25.8 Å². The zero-order chi connectivity index (χ0) is 18.7. The number of hydrogen-bond acceptors (Lipinski definition) is 6. The van der Waals surface area contributed by atoms with E-state index in [0.717, 1.165) is 23.5 Å². The van der Waals surface area contributed by atoms with Crippen molar-refractivity contribution in [1.82, 2.24) is 0 Å². The molecule has 3 rings (SSSR count). The molecule has 2 aliphatic rings. The molecule has 0 N–H and O–H groups in total. The predicted molar refractivity (Wildman–Crippen MR) is 96.5 cm³/mol. The molecule has 1 aromatic rings. The molecule has 2 aliphatic heterocycles. The van der Waals surface area contributed by atoms with E-state index in [1.807, 2.05) is 38.1 Å². The molecular weight excluding hydrogens is 336 g/mol. The normalized spacial score (nSPS) is 30.3. The highest BCUT2D eigenvalue weighted by atomic mass is 16.8. The summed E-state index contributed by atoms with van der Waals surface area (Å²) in [6, 6.07) is 5.70. The minimum absolute atomic E-state index is 0.0462. The minimum Gasteiger partial charge on any atom is -0.497 e. The molecule has 6 heteroatoms. The van der Waals surface area contributed by atoms with Gasteiger partial charge in [0.25, 0.3) is 0 Å². The van der Waals surface area contributed by atoms with Crippen molar-refractivity contribution < 1.29 is 28.4 Å². The van der Waals surface area contributed by atoms with Crippen LogP contribution in [0.15, 0.2) is 30.9 Å². The highest BCUT2D eigenvalue weighted by Crippen LogP contribution is 2.34. The van der Waals surface area contributed by atoms with Crippen LogP contribution in [0.4, 0.5) is 0 Å². The monoisotopic (exact) mass is 364 g/mol. The highest BCUT2D eigenvalue weighted by molar-refractivity contribution is 5.40. The number of ether oxygens (including phenoxy) is 6. The summed E-state index contributed by atoms with van der Waals surface area (Å²) in [6.45, 7) is 8.57. The average molecular weight is 364 g/mol. The quantitative estimate of drug-likeness (QED) is 0.693. The molecule has 0 aromatic heterocycles. The van der Waals surface area contributed by atoms with Crippen LogP contribution < -0.4 is 9.47 Å². The summed E-state index contributed by atoms with van der Waals surface area (Å²) in [5.74, 6) is 0.893. The SMILES string of the molecule is C=C[C@@H]1C[C@@H](OCc2ccc(OC)cc2OC)[C@@H]([C@H]2COC(C)(C)O2)O1. The van der Waals surface area contributed by atoms with Gasteiger partial charge in [0.1, 0.15) is 23.7 Å². The third-order valence-corrected chi connectivity index (χ3v) is 4.77. The van der Waals surface area contributed by atoms with Gasteiger partial charge in [-0.05, 0) is 26.0 Å². The van der Waals surface area contributed by atoms with Crippen molar-refractivity contribution >= 4 is 0 Å². The first kappa shape index (κ1) is 19.2. The molecule has 2 saturated heterocycles. The van der Waals surface area contributed by atoms with Gasteiger partial charge in [-0.1, -0.05) is 6.08 Å². The van der Waals surface area contributed by atoms with E-state index in [9.17, 15) is 0 Å². The lowest BCUT2D eigenvalue weighted by Gasteiger charge is -2.25. The summed E-state index contributed by atoms with van der Waals surface area (Å²) in [4.78, 5) is 0. The fourth-order valence-corrected chi connectivity index (χ4v) is 3.40. The predicted octanol–water partition coefficient (Wildman–Crippen LogP) is 3.08. The summed E-state index contributed by atoms with van der Waals surface area (Å²) in [5.41, 5.74) is 0.957. The first-order chi connectivity index (χ1) is 12.5. The lowest BCUT2D eigenvalue weighted by molar-refractivity contribution is -0.163. The molecule has 0 unspecified atom stereocenters. The lowest BCUT2D eigenvalue weighted by atomic mass is 10.1. The van der Waals surface area contributed by atoms with E-state index in [4.69, 9.17) is 28.4 Å². The molecule has 1 aromatic carbocycles. The van der Waals surface area contributed by atoms with E-state index in [-0.39, 0.29) is 24.4 Å². The largest absolute Gasteiger partial charge is 0.497 e. The van der Waals surface area contributed by atoms with Crippen molar-refractivity contribution in [2.24, 2.45) is 0 Å². The number of hydrogen-bond donors (Lipinski definition) is 0. The molecule has 0 spiro atoms. The van der Waals surface area contributed by atoms with Gasteiger partial charge in [0.05, 0.1) is 39.6 Å². The second-order valence-corrected chi connectivity index (χ2v) is 7.00. The van der Waals surface area contributed by atoms with Crippen LogP contribution in [-0.4, -0.2) is 51.0 Å². The van der Waals surface area contributed by atoms with Crippen molar-refractivity contribution in [3.63, 3.8) is 0 Å². The fourth-order valence-electron chi connectivity index (χ4n) is 3.40. The second kappa shape index (κ2) is 7.96. The van der Waals surface area contributed by atoms with Crippen molar-refractivity contribution in [3.8, 4) is 11.5 Å². The van der Waals surface area contributed by atoms with Crippen LogP contribution >= 0.6 is 0 Å². The van der Waals surface area contributed by atoms with Gasteiger partial charge in [0.2, 0.25) is 0 Å². The van der Waals surface area contributed by atoms with Crippen LogP contribution in [0.3, 0.4) is 0 Å². The van der Waals surface area contributed by atoms with Gasteiger partial charge >= 0.3 is 0 Å². The Labute approximate surface area is 155 Å². The maximum absolute atomic E-state index is 6.20. The molecule has 144 valence electrons. The minimum atomic E-state index is -0.593. The van der Waals surface area contributed by atoms with E-state index in [0.29, 0.717) is 13.2 Å². The van der Waals surface area contributed by atoms with Gasteiger partial charge in [-0.15, -0.1) is 6.58 Å². The average Bonchev–Trinajstić information content (AvgIpc) is 3.22. The van der Waals surface area contributed by atoms with Crippen LogP contribution in [0, 0.1) is 0 Å². The summed E-state index contributed by atoms with van der Waals surface area (Å²) in [7, 11) is 3.27. The Kier molecular flexibility index (Phi) is 5.87. The second-order valence-electron chi connectivity index (χ2n) is 7.00. The van der Waals surface area contributed by atoms with E-state index in [1.54, 1.807) is 14.2 Å². The van der Waals surface area contributed by atoms with Gasteiger partial charge in [0, 0.05) is 18.1 Å². The van der Waals surface area contributed by atoms with Gasteiger partial charge in [0.15, 0.2) is 5.79 Å². The molecule has 0 radical (unpaired) electrons. The first-order valence-electron chi connectivity index (χ1n) is 8.88. The summed E-state index contributed by atoms with van der Waals surface area (Å²) >= 11 is 0. The van der Waals surface area contributed by atoms with Crippen LogP contribution in [-0.2, 0) is 25.6 Å². The van der Waals surface area contributed by atoms with E-state index in [1.165, 1.54) is 0 Å². The molecular formula is C20H28O6.